The Morgan fingerprint density at radius 1 is 1.18 bits per heavy atom. The van der Waals surface area contributed by atoms with Crippen LogP contribution in [0.2, 0.25) is 0 Å². The quantitative estimate of drug-likeness (QED) is 0.500. The molecular formula is C11H16N6. The van der Waals surface area contributed by atoms with Crippen molar-refractivity contribution in [1.82, 2.24) is 10.4 Å². The molecule has 90 valence electrons. The van der Waals surface area contributed by atoms with Crippen LogP contribution in [0.4, 0.5) is 5.69 Å². The van der Waals surface area contributed by atoms with E-state index in [9.17, 15) is 0 Å². The fourth-order valence-electron chi connectivity index (χ4n) is 1.40. The molecule has 0 bridgehead atoms. The van der Waals surface area contributed by atoms with Gasteiger partial charge in [0.15, 0.2) is 0 Å². The smallest absolute Gasteiger partial charge is 0.223 e. The highest BCUT2D eigenvalue weighted by atomic mass is 15.6. The fraction of sp³-hybridized carbons (Fsp3) is 0.273. The highest BCUT2D eigenvalue weighted by molar-refractivity contribution is 5.94. The van der Waals surface area contributed by atoms with Gasteiger partial charge in [0.2, 0.25) is 11.9 Å². The van der Waals surface area contributed by atoms with E-state index < -0.39 is 0 Å². The predicted molar refractivity (Wildman–Crippen MR) is 68.7 cm³/mol. The van der Waals surface area contributed by atoms with E-state index in [1.54, 1.807) is 0 Å². The van der Waals surface area contributed by atoms with E-state index in [1.807, 2.05) is 35.3 Å². The van der Waals surface area contributed by atoms with Crippen molar-refractivity contribution in [2.24, 2.45) is 21.5 Å². The molecule has 0 radical (unpaired) electrons. The molecule has 6 heteroatoms. The highest BCUT2D eigenvalue weighted by Gasteiger charge is 2.13. The molecule has 0 aliphatic carbocycles. The Bertz CT molecular complexity index is 421. The van der Waals surface area contributed by atoms with Crippen LogP contribution in [0.5, 0.6) is 0 Å². The van der Waals surface area contributed by atoms with Gasteiger partial charge in [-0.15, -0.1) is 0 Å². The Balaban J connectivity index is 1.96. The second kappa shape index (κ2) is 5.31. The molecule has 0 aromatic heterocycles. The van der Waals surface area contributed by atoms with Crippen molar-refractivity contribution in [1.29, 1.82) is 0 Å². The number of guanidine groups is 2. The van der Waals surface area contributed by atoms with Crippen molar-refractivity contribution in [2.75, 3.05) is 13.1 Å². The Kier molecular flexibility index (Phi) is 3.56. The largest absolute Gasteiger partial charge is 0.368 e. The van der Waals surface area contributed by atoms with Gasteiger partial charge in [0.05, 0.1) is 5.69 Å². The summed E-state index contributed by atoms with van der Waals surface area (Å²) >= 11 is 0. The molecule has 0 atom stereocenters. The van der Waals surface area contributed by atoms with Crippen molar-refractivity contribution in [2.45, 2.75) is 6.42 Å². The van der Waals surface area contributed by atoms with Crippen LogP contribution in [0.3, 0.4) is 0 Å². The number of nitrogens with two attached hydrogens (primary N) is 2. The third kappa shape index (κ3) is 3.46. The Hall–Kier alpha value is -2.08. The third-order valence-electron chi connectivity index (χ3n) is 2.36. The summed E-state index contributed by atoms with van der Waals surface area (Å²) < 4.78 is 0. The summed E-state index contributed by atoms with van der Waals surface area (Å²) in [5.74, 6) is 0.406. The number of rotatable bonds is 2. The molecule has 0 spiro atoms. The average Bonchev–Trinajstić information content (AvgIpc) is 2.25. The van der Waals surface area contributed by atoms with Gasteiger partial charge in [0, 0.05) is 13.1 Å². The summed E-state index contributed by atoms with van der Waals surface area (Å²) in [5, 5.41) is 1.97. The van der Waals surface area contributed by atoms with Crippen molar-refractivity contribution < 1.29 is 0 Å². The lowest BCUT2D eigenvalue weighted by Gasteiger charge is -2.30. The molecule has 6 nitrogen and oxygen atoms in total. The number of benzene rings is 1. The normalized spacial score (nSPS) is 17.6. The van der Waals surface area contributed by atoms with Gasteiger partial charge in [0.25, 0.3) is 0 Å². The SMILES string of the molecule is NC(=Nc1ccccc1)N=C(N)NN1CCC1. The number of hydrazine groups is 1. The van der Waals surface area contributed by atoms with Crippen LogP contribution in [0.25, 0.3) is 0 Å². The maximum Gasteiger partial charge on any atom is 0.223 e. The number of hydrogen-bond donors (Lipinski definition) is 3. The number of nitrogens with zero attached hydrogens (tertiary/aromatic N) is 3. The van der Waals surface area contributed by atoms with Gasteiger partial charge >= 0.3 is 0 Å². The number of aliphatic imine (C=N–C) groups is 2. The van der Waals surface area contributed by atoms with Crippen molar-refractivity contribution >= 4 is 17.6 Å². The van der Waals surface area contributed by atoms with Crippen LogP contribution in [0, 0.1) is 0 Å². The summed E-state index contributed by atoms with van der Waals surface area (Å²) in [5.41, 5.74) is 15.0. The first-order chi connectivity index (χ1) is 8.24. The van der Waals surface area contributed by atoms with Crippen LogP contribution in [0.1, 0.15) is 6.42 Å². The monoisotopic (exact) mass is 232 g/mol. The van der Waals surface area contributed by atoms with Crippen molar-refractivity contribution in [3.8, 4) is 0 Å². The van der Waals surface area contributed by atoms with Crippen LogP contribution in [-0.2, 0) is 0 Å². The summed E-state index contributed by atoms with van der Waals surface area (Å²) in [6.45, 7) is 1.96. The maximum atomic E-state index is 5.68. The molecule has 0 saturated carbocycles. The topological polar surface area (TPSA) is 92.0 Å². The molecule has 1 aromatic rings. The molecule has 1 heterocycles. The van der Waals surface area contributed by atoms with Crippen molar-refractivity contribution in [3.63, 3.8) is 0 Å². The molecule has 17 heavy (non-hydrogen) atoms. The second-order valence-corrected chi connectivity index (χ2v) is 3.76. The van der Waals surface area contributed by atoms with Crippen LogP contribution < -0.4 is 16.9 Å². The van der Waals surface area contributed by atoms with Crippen LogP contribution in [0.15, 0.2) is 40.3 Å². The Morgan fingerprint density at radius 3 is 2.47 bits per heavy atom. The predicted octanol–water partition coefficient (Wildman–Crippen LogP) is 0.158. The molecule has 1 fully saturated rings. The average molecular weight is 232 g/mol. The second-order valence-electron chi connectivity index (χ2n) is 3.76. The van der Waals surface area contributed by atoms with Gasteiger partial charge in [-0.25, -0.2) is 10.0 Å². The number of nitrogens with one attached hydrogen (secondary N) is 1. The van der Waals surface area contributed by atoms with E-state index in [1.165, 1.54) is 6.42 Å². The molecule has 0 amide bonds. The number of hydrogen-bond acceptors (Lipinski definition) is 2. The fourth-order valence-corrected chi connectivity index (χ4v) is 1.40. The molecule has 1 saturated heterocycles. The summed E-state index contributed by atoms with van der Waals surface area (Å²) in [4.78, 5) is 8.08. The minimum Gasteiger partial charge on any atom is -0.368 e. The summed E-state index contributed by atoms with van der Waals surface area (Å²) in [6.07, 6.45) is 1.17. The highest BCUT2D eigenvalue weighted by Crippen LogP contribution is 2.09. The van der Waals surface area contributed by atoms with Crippen LogP contribution >= 0.6 is 0 Å². The van der Waals surface area contributed by atoms with E-state index in [-0.39, 0.29) is 11.9 Å². The molecule has 1 aliphatic heterocycles. The van der Waals surface area contributed by atoms with E-state index in [2.05, 4.69) is 15.4 Å². The lowest BCUT2D eigenvalue weighted by atomic mass is 10.3. The molecule has 5 N–H and O–H groups in total. The zero-order valence-electron chi connectivity index (χ0n) is 9.50. The van der Waals surface area contributed by atoms with Gasteiger partial charge in [-0.05, 0) is 18.6 Å². The Labute approximate surface area is 100 Å². The standard InChI is InChI=1S/C11H16N6/c12-10(14-9-5-2-1-3-6-9)15-11(13)16-17-7-4-8-17/h1-3,5-6H,4,7-8H2,(H5,12,13,14,15,16). The summed E-state index contributed by atoms with van der Waals surface area (Å²) in [7, 11) is 0. The summed E-state index contributed by atoms with van der Waals surface area (Å²) in [6, 6.07) is 9.39. The first-order valence-corrected chi connectivity index (χ1v) is 5.49. The van der Waals surface area contributed by atoms with Crippen LogP contribution in [-0.4, -0.2) is 30.0 Å². The van der Waals surface area contributed by atoms with Gasteiger partial charge < -0.3 is 11.5 Å². The third-order valence-corrected chi connectivity index (χ3v) is 2.36. The van der Waals surface area contributed by atoms with Gasteiger partial charge in [-0.2, -0.15) is 4.99 Å². The molecule has 2 rings (SSSR count). The molecular weight excluding hydrogens is 216 g/mol. The lowest BCUT2D eigenvalue weighted by molar-refractivity contribution is 0.145. The molecule has 1 aromatic carbocycles. The Morgan fingerprint density at radius 2 is 1.88 bits per heavy atom. The van der Waals surface area contributed by atoms with E-state index in [4.69, 9.17) is 11.5 Å². The van der Waals surface area contributed by atoms with E-state index in [0.717, 1.165) is 18.8 Å². The van der Waals surface area contributed by atoms with Gasteiger partial charge in [-0.3, -0.25) is 5.43 Å². The minimum absolute atomic E-state index is 0.140. The lowest BCUT2D eigenvalue weighted by Crippen LogP contribution is -2.53. The van der Waals surface area contributed by atoms with Gasteiger partial charge in [0.1, 0.15) is 0 Å². The van der Waals surface area contributed by atoms with Gasteiger partial charge in [-0.1, -0.05) is 18.2 Å². The first-order valence-electron chi connectivity index (χ1n) is 5.49. The molecule has 1 aliphatic rings. The minimum atomic E-state index is 0.140. The molecule has 0 unspecified atom stereocenters. The first kappa shape index (κ1) is 11.4. The maximum absolute atomic E-state index is 5.68. The zero-order chi connectivity index (χ0) is 12.1. The zero-order valence-corrected chi connectivity index (χ0v) is 9.50. The van der Waals surface area contributed by atoms with E-state index in [0.29, 0.717) is 0 Å². The van der Waals surface area contributed by atoms with Crippen molar-refractivity contribution in [3.05, 3.63) is 30.3 Å². The number of para-hydroxylation sites is 1. The van der Waals surface area contributed by atoms with E-state index >= 15 is 0 Å².